The molecule has 0 saturated carbocycles. The number of benzene rings is 2. The van der Waals surface area contributed by atoms with E-state index in [0.29, 0.717) is 18.8 Å². The average Bonchev–Trinajstić information content (AvgIpc) is 3.20. The van der Waals surface area contributed by atoms with Crippen LogP contribution in [0.1, 0.15) is 28.8 Å². The molecule has 29 heavy (non-hydrogen) atoms. The van der Waals surface area contributed by atoms with E-state index in [9.17, 15) is 27.9 Å². The molecule has 0 unspecified atom stereocenters. The summed E-state index contributed by atoms with van der Waals surface area (Å²) in [6.07, 6.45) is -2.73. The second kappa shape index (κ2) is 8.42. The Morgan fingerprint density at radius 1 is 1.10 bits per heavy atom. The normalized spacial score (nSPS) is 14.0. The van der Waals surface area contributed by atoms with Crippen LogP contribution in [0.15, 0.2) is 42.5 Å². The van der Waals surface area contributed by atoms with Gasteiger partial charge in [0.2, 0.25) is 0 Å². The number of nitrogens with zero attached hydrogens (tertiary/aromatic N) is 1. The number of nitrogens with one attached hydrogen (secondary N) is 1. The molecule has 0 bridgehead atoms. The summed E-state index contributed by atoms with van der Waals surface area (Å²) in [6, 6.07) is 8.58. The molecule has 1 saturated heterocycles. The number of anilines is 2. The zero-order valence-corrected chi connectivity index (χ0v) is 15.3. The number of carbonyl (C=O) groups is 2. The van der Waals surface area contributed by atoms with Gasteiger partial charge in [-0.1, -0.05) is 6.07 Å². The van der Waals surface area contributed by atoms with Gasteiger partial charge in [-0.2, -0.15) is 13.2 Å². The molecule has 2 aromatic rings. The largest absolute Gasteiger partial charge is 0.508 e. The van der Waals surface area contributed by atoms with Gasteiger partial charge in [0.05, 0.1) is 22.5 Å². The first kappa shape index (κ1) is 20.5. The van der Waals surface area contributed by atoms with Crippen LogP contribution in [0.5, 0.6) is 5.75 Å². The maximum absolute atomic E-state index is 13.1. The summed E-state index contributed by atoms with van der Waals surface area (Å²) < 4.78 is 44.1. The van der Waals surface area contributed by atoms with Gasteiger partial charge in [-0.05, 0) is 49.2 Å². The Balaban J connectivity index is 1.71. The van der Waals surface area contributed by atoms with Crippen molar-refractivity contribution in [3.63, 3.8) is 0 Å². The van der Waals surface area contributed by atoms with Crippen LogP contribution in [0.2, 0.25) is 0 Å². The lowest BCUT2D eigenvalue weighted by Gasteiger charge is -2.23. The number of aromatic hydroxyl groups is 1. The molecule has 1 amide bonds. The molecule has 6 nitrogen and oxygen atoms in total. The van der Waals surface area contributed by atoms with Crippen molar-refractivity contribution in [1.82, 2.24) is 0 Å². The number of ether oxygens (including phenoxy) is 1. The Bertz CT molecular complexity index is 909. The minimum Gasteiger partial charge on any atom is -0.508 e. The van der Waals surface area contributed by atoms with Crippen molar-refractivity contribution in [2.24, 2.45) is 0 Å². The van der Waals surface area contributed by atoms with E-state index in [-0.39, 0.29) is 17.0 Å². The van der Waals surface area contributed by atoms with Gasteiger partial charge in [-0.15, -0.1) is 0 Å². The Morgan fingerprint density at radius 3 is 2.48 bits per heavy atom. The number of halogens is 3. The smallest absolute Gasteiger partial charge is 0.416 e. The maximum atomic E-state index is 13.1. The quantitative estimate of drug-likeness (QED) is 0.736. The standard InChI is InChI=1S/C20H19F3N2O4/c21-20(22,23)14-6-7-17(25-8-1-2-9-25)16(11-14)24-18(27)12-29-19(28)13-4-3-5-15(26)10-13/h3-7,10-11,26H,1-2,8-9,12H2,(H,24,27). The summed E-state index contributed by atoms with van der Waals surface area (Å²) >= 11 is 0. The van der Waals surface area contributed by atoms with E-state index < -0.39 is 30.2 Å². The SMILES string of the molecule is O=C(COC(=O)c1cccc(O)c1)Nc1cc(C(F)(F)F)ccc1N1CCCC1. The number of carbonyl (C=O) groups excluding carboxylic acids is 2. The van der Waals surface area contributed by atoms with Crippen LogP contribution < -0.4 is 10.2 Å². The number of amides is 1. The molecule has 0 atom stereocenters. The Kier molecular flexibility index (Phi) is 5.95. The minimum atomic E-state index is -4.55. The van der Waals surface area contributed by atoms with Crippen molar-refractivity contribution in [1.29, 1.82) is 0 Å². The molecule has 1 fully saturated rings. The Morgan fingerprint density at radius 2 is 1.83 bits per heavy atom. The number of phenols is 1. The molecule has 2 N–H and O–H groups in total. The Labute approximate surface area is 164 Å². The highest BCUT2D eigenvalue weighted by molar-refractivity contribution is 5.97. The van der Waals surface area contributed by atoms with Gasteiger partial charge < -0.3 is 20.1 Å². The number of hydrogen-bond donors (Lipinski definition) is 2. The van der Waals surface area contributed by atoms with Crippen LogP contribution in [-0.2, 0) is 15.7 Å². The minimum absolute atomic E-state index is 0.0140. The molecule has 0 aliphatic carbocycles. The summed E-state index contributed by atoms with van der Waals surface area (Å²) in [7, 11) is 0. The van der Waals surface area contributed by atoms with Crippen molar-refractivity contribution in [2.45, 2.75) is 19.0 Å². The molecule has 2 aromatic carbocycles. The molecule has 0 spiro atoms. The van der Waals surface area contributed by atoms with Gasteiger partial charge in [-0.25, -0.2) is 4.79 Å². The molecular weight excluding hydrogens is 389 g/mol. The Hall–Kier alpha value is -3.23. The molecule has 9 heteroatoms. The summed E-state index contributed by atoms with van der Waals surface area (Å²) in [6.45, 7) is 0.686. The second-order valence-corrected chi connectivity index (χ2v) is 6.60. The van der Waals surface area contributed by atoms with E-state index in [2.05, 4.69) is 5.32 Å². The first-order chi connectivity index (χ1) is 13.7. The van der Waals surface area contributed by atoms with Crippen LogP contribution in [0.4, 0.5) is 24.5 Å². The third-order valence-electron chi connectivity index (χ3n) is 4.46. The van der Waals surface area contributed by atoms with Crippen LogP contribution in [0.3, 0.4) is 0 Å². The fourth-order valence-corrected chi connectivity index (χ4v) is 3.08. The highest BCUT2D eigenvalue weighted by atomic mass is 19.4. The van der Waals surface area contributed by atoms with Crippen LogP contribution in [-0.4, -0.2) is 36.7 Å². The fraction of sp³-hybridized carbons (Fsp3) is 0.300. The predicted octanol–water partition coefficient (Wildman–Crippen LogP) is 3.81. The second-order valence-electron chi connectivity index (χ2n) is 6.60. The molecule has 0 aromatic heterocycles. The zero-order chi connectivity index (χ0) is 21.0. The fourth-order valence-electron chi connectivity index (χ4n) is 3.08. The van der Waals surface area contributed by atoms with Crippen molar-refractivity contribution in [3.8, 4) is 5.75 Å². The average molecular weight is 408 g/mol. The van der Waals surface area contributed by atoms with E-state index in [0.717, 1.165) is 25.0 Å². The first-order valence-corrected chi connectivity index (χ1v) is 8.96. The van der Waals surface area contributed by atoms with Crippen molar-refractivity contribution in [2.75, 3.05) is 29.9 Å². The van der Waals surface area contributed by atoms with Crippen molar-refractivity contribution < 1.29 is 32.6 Å². The lowest BCUT2D eigenvalue weighted by Crippen LogP contribution is -2.24. The van der Waals surface area contributed by atoms with Crippen LogP contribution in [0.25, 0.3) is 0 Å². The molecule has 1 aliphatic heterocycles. The molecule has 154 valence electrons. The molecule has 1 aliphatic rings. The van der Waals surface area contributed by atoms with Gasteiger partial charge in [-0.3, -0.25) is 4.79 Å². The monoisotopic (exact) mass is 408 g/mol. The van der Waals surface area contributed by atoms with Gasteiger partial charge in [0, 0.05) is 13.1 Å². The van der Waals surface area contributed by atoms with Crippen LogP contribution in [0, 0.1) is 0 Å². The predicted molar refractivity (Wildman–Crippen MR) is 99.9 cm³/mol. The molecular formula is C20H19F3N2O4. The topological polar surface area (TPSA) is 78.9 Å². The number of hydrogen-bond acceptors (Lipinski definition) is 5. The maximum Gasteiger partial charge on any atom is 0.416 e. The summed E-state index contributed by atoms with van der Waals surface area (Å²) in [5, 5.41) is 11.8. The van der Waals surface area contributed by atoms with Gasteiger partial charge >= 0.3 is 12.1 Å². The van der Waals surface area contributed by atoms with Crippen LogP contribution >= 0.6 is 0 Å². The summed E-state index contributed by atoms with van der Waals surface area (Å²) in [5.74, 6) is -1.73. The van der Waals surface area contributed by atoms with E-state index in [1.165, 1.54) is 30.3 Å². The number of alkyl halides is 3. The van der Waals surface area contributed by atoms with E-state index in [1.54, 1.807) is 0 Å². The molecule has 0 radical (unpaired) electrons. The van der Waals surface area contributed by atoms with Gasteiger partial charge in [0.15, 0.2) is 6.61 Å². The van der Waals surface area contributed by atoms with E-state index in [1.807, 2.05) is 4.90 Å². The molecule has 3 rings (SSSR count). The number of esters is 1. The van der Waals surface area contributed by atoms with Gasteiger partial charge in [0.25, 0.3) is 5.91 Å². The summed E-state index contributed by atoms with van der Waals surface area (Å²) in [4.78, 5) is 26.0. The van der Waals surface area contributed by atoms with E-state index >= 15 is 0 Å². The van der Waals surface area contributed by atoms with Crippen molar-refractivity contribution in [3.05, 3.63) is 53.6 Å². The first-order valence-electron chi connectivity index (χ1n) is 8.96. The molecule has 1 heterocycles. The lowest BCUT2D eigenvalue weighted by atomic mass is 10.1. The van der Waals surface area contributed by atoms with Gasteiger partial charge in [0.1, 0.15) is 5.75 Å². The van der Waals surface area contributed by atoms with Crippen molar-refractivity contribution >= 4 is 23.3 Å². The van der Waals surface area contributed by atoms with E-state index in [4.69, 9.17) is 4.74 Å². The third kappa shape index (κ3) is 5.18. The summed E-state index contributed by atoms with van der Waals surface area (Å²) in [5.41, 5.74) is -0.328. The zero-order valence-electron chi connectivity index (χ0n) is 15.3. The highest BCUT2D eigenvalue weighted by Crippen LogP contribution is 2.36. The number of rotatable bonds is 5. The number of phenolic OH excluding ortho intramolecular Hbond substituents is 1. The highest BCUT2D eigenvalue weighted by Gasteiger charge is 2.32. The lowest BCUT2D eigenvalue weighted by molar-refractivity contribution is -0.137. The third-order valence-corrected chi connectivity index (χ3v) is 4.46.